The normalized spacial score (nSPS) is 23.9. The highest BCUT2D eigenvalue weighted by Crippen LogP contribution is 2.58. The maximum Gasteiger partial charge on any atom is 0.411 e. The number of benzene rings is 3. The van der Waals surface area contributed by atoms with Crippen LogP contribution in [0.2, 0.25) is 0 Å². The fraction of sp³-hybridized carbons (Fsp3) is 0.400. The van der Waals surface area contributed by atoms with Gasteiger partial charge < -0.3 is 28.8 Å². The van der Waals surface area contributed by atoms with Crippen LogP contribution in [0.25, 0.3) is 0 Å². The van der Waals surface area contributed by atoms with Gasteiger partial charge in [-0.25, -0.2) is 4.79 Å². The molecule has 0 saturated carbocycles. The van der Waals surface area contributed by atoms with E-state index in [0.29, 0.717) is 58.2 Å². The zero-order chi connectivity index (χ0) is 33.1. The number of hydrogen-bond donors (Lipinski definition) is 2. The number of amides is 1. The molecule has 1 amide bonds. The van der Waals surface area contributed by atoms with Gasteiger partial charge in [-0.3, -0.25) is 19.9 Å². The molecule has 0 aliphatic carbocycles. The number of nitrogens with one attached hydrogen (secondary N) is 1. The van der Waals surface area contributed by atoms with E-state index in [1.165, 1.54) is 14.0 Å². The zero-order valence-electron chi connectivity index (χ0n) is 26.8. The summed E-state index contributed by atoms with van der Waals surface area (Å²) in [6.45, 7) is 4.87. The van der Waals surface area contributed by atoms with Gasteiger partial charge in [0.1, 0.15) is 18.4 Å². The van der Waals surface area contributed by atoms with Gasteiger partial charge in [0.2, 0.25) is 6.79 Å². The Hall–Kier alpha value is -4.99. The first-order chi connectivity index (χ1) is 22.6. The summed E-state index contributed by atoms with van der Waals surface area (Å²) in [5.41, 5.74) is 5.04. The average molecular weight is 641 g/mol. The molecule has 12 nitrogen and oxygen atoms in total. The molecule has 1 fully saturated rings. The molecule has 0 spiro atoms. The maximum atomic E-state index is 13.1. The summed E-state index contributed by atoms with van der Waals surface area (Å²) < 4.78 is 29.3. The fourth-order valence-corrected chi connectivity index (χ4v) is 8.10. The maximum absolute atomic E-state index is 13.1. The van der Waals surface area contributed by atoms with Crippen molar-refractivity contribution in [1.82, 2.24) is 9.80 Å². The van der Waals surface area contributed by atoms with Crippen LogP contribution in [-0.4, -0.2) is 72.7 Å². The lowest BCUT2D eigenvalue weighted by Gasteiger charge is -2.59. The largest absolute Gasteiger partial charge is 0.504 e. The molecule has 1 saturated heterocycles. The van der Waals surface area contributed by atoms with Crippen LogP contribution in [0.1, 0.15) is 52.4 Å². The number of carbonyl (C=O) groups excluding carboxylic acids is 2. The van der Waals surface area contributed by atoms with Gasteiger partial charge in [0.05, 0.1) is 25.3 Å². The van der Waals surface area contributed by atoms with E-state index >= 15 is 0 Å². The molecule has 0 unspecified atom stereocenters. The quantitative estimate of drug-likeness (QED) is 0.296. The van der Waals surface area contributed by atoms with Crippen LogP contribution in [0.5, 0.6) is 28.7 Å². The lowest BCUT2D eigenvalue weighted by atomic mass is 9.71. The molecule has 47 heavy (non-hydrogen) atoms. The Labute approximate surface area is 272 Å². The van der Waals surface area contributed by atoms with E-state index in [9.17, 15) is 20.0 Å². The van der Waals surface area contributed by atoms with Crippen LogP contribution < -0.4 is 24.3 Å². The number of esters is 1. The second-order valence-corrected chi connectivity index (χ2v) is 12.4. The van der Waals surface area contributed by atoms with E-state index in [-0.39, 0.29) is 31.2 Å². The van der Waals surface area contributed by atoms with Crippen LogP contribution in [0.3, 0.4) is 0 Å². The van der Waals surface area contributed by atoms with Gasteiger partial charge in [-0.1, -0.05) is 24.3 Å². The number of anilines is 1. The summed E-state index contributed by atoms with van der Waals surface area (Å²) in [7, 11) is 3.50. The van der Waals surface area contributed by atoms with Crippen LogP contribution in [0, 0.1) is 25.2 Å². The highest BCUT2D eigenvalue weighted by Gasteiger charge is 2.57. The van der Waals surface area contributed by atoms with Crippen molar-refractivity contribution < 1.29 is 38.4 Å². The van der Waals surface area contributed by atoms with Gasteiger partial charge in [0.25, 0.3) is 0 Å². The monoisotopic (exact) mass is 640 g/mol. The van der Waals surface area contributed by atoms with Crippen molar-refractivity contribution in [3.8, 4) is 34.8 Å². The fourth-order valence-electron chi connectivity index (χ4n) is 8.10. The van der Waals surface area contributed by atoms with E-state index in [4.69, 9.17) is 23.7 Å². The molecular formula is C35H36N4O8. The first kappa shape index (κ1) is 30.7. The highest BCUT2D eigenvalue weighted by atomic mass is 16.7. The molecule has 4 heterocycles. The van der Waals surface area contributed by atoms with Crippen molar-refractivity contribution in [2.75, 3.05) is 32.9 Å². The molecular weight excluding hydrogens is 604 g/mol. The number of nitrogens with zero attached hydrogens (tertiary/aromatic N) is 3. The van der Waals surface area contributed by atoms with Gasteiger partial charge in [0, 0.05) is 46.9 Å². The Morgan fingerprint density at radius 1 is 1.09 bits per heavy atom. The van der Waals surface area contributed by atoms with Gasteiger partial charge in [0.15, 0.2) is 23.0 Å². The molecule has 12 heteroatoms. The van der Waals surface area contributed by atoms with E-state index in [2.05, 4.69) is 21.2 Å². The third kappa shape index (κ3) is 4.80. The Bertz CT molecular complexity index is 1820. The van der Waals surface area contributed by atoms with Gasteiger partial charge in [-0.2, -0.15) is 5.26 Å². The van der Waals surface area contributed by atoms with Gasteiger partial charge in [-0.05, 0) is 57.0 Å². The minimum atomic E-state index is -0.685. The number of aromatic hydroxyl groups is 1. The van der Waals surface area contributed by atoms with Gasteiger partial charge in [-0.15, -0.1) is 0 Å². The number of piperazine rings is 1. The van der Waals surface area contributed by atoms with E-state index in [1.54, 1.807) is 24.3 Å². The van der Waals surface area contributed by atoms with Crippen molar-refractivity contribution in [3.05, 3.63) is 69.8 Å². The lowest BCUT2D eigenvalue weighted by Crippen LogP contribution is -2.68. The highest BCUT2D eigenvalue weighted by molar-refractivity contribution is 5.84. The predicted octanol–water partition coefficient (Wildman–Crippen LogP) is 4.69. The number of phenolic OH excluding ortho intramolecular Hbond substituents is 1. The molecule has 244 valence electrons. The number of rotatable bonds is 5. The summed E-state index contributed by atoms with van der Waals surface area (Å²) in [5.74, 6) is 1.25. The molecule has 7 rings (SSSR count). The van der Waals surface area contributed by atoms with Crippen molar-refractivity contribution in [3.63, 3.8) is 0 Å². The Morgan fingerprint density at radius 2 is 1.83 bits per heavy atom. The molecule has 5 atom stereocenters. The summed E-state index contributed by atoms with van der Waals surface area (Å²) in [6.07, 6.45) is 0.200. The lowest BCUT2D eigenvalue weighted by molar-refractivity contribution is -0.132. The summed E-state index contributed by atoms with van der Waals surface area (Å²) in [6, 6.07) is 11.2. The molecule has 4 aliphatic rings. The average Bonchev–Trinajstić information content (AvgIpc) is 3.53. The van der Waals surface area contributed by atoms with Crippen LogP contribution in [-0.2, 0) is 22.4 Å². The summed E-state index contributed by atoms with van der Waals surface area (Å²) in [4.78, 5) is 29.8. The van der Waals surface area contributed by atoms with E-state index in [1.807, 2.05) is 33.0 Å². The smallest absolute Gasteiger partial charge is 0.411 e. The Kier molecular flexibility index (Phi) is 7.61. The molecule has 2 N–H and O–H groups in total. The Morgan fingerprint density at radius 3 is 2.53 bits per heavy atom. The first-order valence-corrected chi connectivity index (χ1v) is 15.5. The Balaban J connectivity index is 1.41. The second-order valence-electron chi connectivity index (χ2n) is 12.4. The van der Waals surface area contributed by atoms with Gasteiger partial charge >= 0.3 is 12.1 Å². The van der Waals surface area contributed by atoms with Crippen LogP contribution >= 0.6 is 0 Å². The molecule has 3 aromatic carbocycles. The third-order valence-corrected chi connectivity index (χ3v) is 9.90. The standard InChI is InChI=1S/C35H36N4O8/c1-17-11-20-12-23-25(14-36)39-24(29(38(23)4)27(20)30(41)31(17)43-5)13-22-28(26(39)15-44-35(42)37-21-9-7-6-8-10-21)34-33(45-16-46-34)18(2)32(22)47-19(3)40/h6-11,23-26,29,41H,12-13,15-16H2,1-5H3,(H,37,42)/t23-,24-,25-,26-,29-/m0/s1. The number of methoxy groups -OCH3 is 1. The first-order valence-electron chi connectivity index (χ1n) is 15.5. The minimum Gasteiger partial charge on any atom is -0.504 e. The van der Waals surface area contributed by atoms with Crippen LogP contribution in [0.15, 0.2) is 36.4 Å². The van der Waals surface area contributed by atoms with Crippen molar-refractivity contribution >= 4 is 17.7 Å². The molecule has 3 aromatic rings. The number of hydrogen-bond acceptors (Lipinski definition) is 11. The third-order valence-electron chi connectivity index (χ3n) is 9.90. The SMILES string of the molecule is COc1c(C)cc2c(c1O)[C@@H]1[C@@H]3Cc4c(OC(C)=O)c(C)c5c(c4[C@H](COC(=O)Nc4ccccc4)N3[C@@H](C#N)[C@H](C2)N1C)OCO5. The van der Waals surface area contributed by atoms with Crippen molar-refractivity contribution in [2.24, 2.45) is 0 Å². The molecule has 2 bridgehead atoms. The second kappa shape index (κ2) is 11.7. The summed E-state index contributed by atoms with van der Waals surface area (Å²) >= 11 is 0. The number of para-hydroxylation sites is 1. The predicted molar refractivity (Wildman–Crippen MR) is 169 cm³/mol. The summed E-state index contributed by atoms with van der Waals surface area (Å²) in [5, 5.41) is 25.2. The molecule has 4 aliphatic heterocycles. The molecule has 0 radical (unpaired) electrons. The topological polar surface area (TPSA) is 143 Å². The number of carbonyl (C=O) groups is 2. The number of aryl methyl sites for hydroxylation is 1. The van der Waals surface area contributed by atoms with E-state index < -0.39 is 30.2 Å². The van der Waals surface area contributed by atoms with E-state index in [0.717, 1.165) is 16.7 Å². The van der Waals surface area contributed by atoms with Crippen molar-refractivity contribution in [1.29, 1.82) is 5.26 Å². The number of likely N-dealkylation sites (N-methyl/N-ethyl adjacent to an activating group) is 1. The zero-order valence-corrected chi connectivity index (χ0v) is 26.8. The number of phenols is 1. The van der Waals surface area contributed by atoms with Crippen molar-refractivity contribution in [2.45, 2.75) is 63.8 Å². The molecule has 0 aromatic heterocycles. The number of nitriles is 1. The minimum absolute atomic E-state index is 0.0340. The number of ether oxygens (including phenoxy) is 5. The number of fused-ring (bicyclic) bond motifs is 9. The van der Waals surface area contributed by atoms with Crippen LogP contribution in [0.4, 0.5) is 10.5 Å².